The number of nitrogens with one attached hydrogen (secondary N) is 2. The largest absolute Gasteiger partial charge is 0.480 e. The molecule has 0 unspecified atom stereocenters. The third-order valence-electron chi connectivity index (χ3n) is 3.84. The molecule has 122 valence electrons. The van der Waals surface area contributed by atoms with Crippen molar-refractivity contribution in [3.8, 4) is 0 Å². The minimum absolute atomic E-state index is 0.0550. The van der Waals surface area contributed by atoms with Crippen molar-refractivity contribution in [2.45, 2.75) is 45.7 Å². The number of amides is 2. The van der Waals surface area contributed by atoms with Gasteiger partial charge in [0.15, 0.2) is 0 Å². The second kappa shape index (κ2) is 7.06. The van der Waals surface area contributed by atoms with Gasteiger partial charge in [-0.15, -0.1) is 11.3 Å². The normalized spacial score (nSPS) is 20.5. The molecule has 2 amide bonds. The van der Waals surface area contributed by atoms with E-state index in [9.17, 15) is 9.59 Å². The van der Waals surface area contributed by atoms with Crippen LogP contribution in [-0.4, -0.2) is 52.2 Å². The zero-order chi connectivity index (χ0) is 16.3. The maximum Gasteiger partial charge on any atom is 0.320 e. The Balaban J connectivity index is 1.76. The molecule has 1 aliphatic carbocycles. The number of rotatable bonds is 6. The minimum atomic E-state index is -0.813. The lowest BCUT2D eigenvalue weighted by molar-refractivity contribution is -0.139. The summed E-state index contributed by atoms with van der Waals surface area (Å²) < 4.78 is 0. The first kappa shape index (κ1) is 16.7. The number of aliphatic carboxylic acids is 1. The summed E-state index contributed by atoms with van der Waals surface area (Å²) in [6.45, 7) is 6.47. The predicted molar refractivity (Wildman–Crippen MR) is 85.4 cm³/mol. The number of thiazole rings is 1. The van der Waals surface area contributed by atoms with E-state index in [4.69, 9.17) is 5.11 Å². The van der Waals surface area contributed by atoms with Crippen LogP contribution in [0, 0.1) is 13.8 Å². The highest BCUT2D eigenvalue weighted by Gasteiger charge is 2.34. The van der Waals surface area contributed by atoms with E-state index in [-0.39, 0.29) is 24.7 Å². The molecule has 8 heteroatoms. The van der Waals surface area contributed by atoms with Gasteiger partial charge in [0, 0.05) is 12.1 Å². The second-order valence-electron chi connectivity index (χ2n) is 5.52. The summed E-state index contributed by atoms with van der Waals surface area (Å²) >= 11 is 1.45. The van der Waals surface area contributed by atoms with Gasteiger partial charge < -0.3 is 10.4 Å². The molecule has 1 aliphatic rings. The molecule has 0 spiro atoms. The number of hydrogen-bond acceptors (Lipinski definition) is 5. The van der Waals surface area contributed by atoms with Crippen molar-refractivity contribution in [1.29, 1.82) is 0 Å². The average molecular weight is 326 g/mol. The number of carboxylic acid groups (broad SMARTS) is 1. The molecule has 1 saturated carbocycles. The van der Waals surface area contributed by atoms with Crippen LogP contribution in [0.25, 0.3) is 0 Å². The molecule has 0 atom stereocenters. The molecule has 0 aliphatic heterocycles. The molecule has 1 heterocycles. The molecule has 0 saturated heterocycles. The number of urea groups is 1. The van der Waals surface area contributed by atoms with Gasteiger partial charge in [0.1, 0.15) is 5.00 Å². The molecule has 0 bridgehead atoms. The SMILES string of the molecule is CCN(CC(=O)O)C1CC(NC(=O)Nc2sc(C)nc2C)C1. The van der Waals surface area contributed by atoms with E-state index in [1.54, 1.807) is 0 Å². The highest BCUT2D eigenvalue weighted by Crippen LogP contribution is 2.26. The zero-order valence-electron chi connectivity index (χ0n) is 13.0. The van der Waals surface area contributed by atoms with Crippen molar-refractivity contribution in [2.24, 2.45) is 0 Å². The van der Waals surface area contributed by atoms with E-state index in [2.05, 4.69) is 15.6 Å². The average Bonchev–Trinajstić information content (AvgIpc) is 2.69. The number of aryl methyl sites for hydroxylation is 2. The second-order valence-corrected chi connectivity index (χ2v) is 6.73. The van der Waals surface area contributed by atoms with Gasteiger partial charge >= 0.3 is 12.0 Å². The van der Waals surface area contributed by atoms with Crippen LogP contribution in [0.4, 0.5) is 9.80 Å². The number of anilines is 1. The molecular weight excluding hydrogens is 304 g/mol. The highest BCUT2D eigenvalue weighted by atomic mass is 32.1. The van der Waals surface area contributed by atoms with Gasteiger partial charge in [-0.2, -0.15) is 0 Å². The van der Waals surface area contributed by atoms with Crippen molar-refractivity contribution in [3.05, 3.63) is 10.7 Å². The third-order valence-corrected chi connectivity index (χ3v) is 4.83. The van der Waals surface area contributed by atoms with E-state index < -0.39 is 5.97 Å². The third kappa shape index (κ3) is 4.17. The lowest BCUT2D eigenvalue weighted by atomic mass is 9.85. The number of aromatic nitrogens is 1. The zero-order valence-corrected chi connectivity index (χ0v) is 13.9. The lowest BCUT2D eigenvalue weighted by Gasteiger charge is -2.42. The van der Waals surface area contributed by atoms with Crippen LogP contribution in [0.15, 0.2) is 0 Å². The van der Waals surface area contributed by atoms with Crippen LogP contribution in [0.1, 0.15) is 30.5 Å². The standard InChI is InChI=1S/C14H22N4O3S/c1-4-18(7-12(19)20)11-5-10(6-11)16-14(21)17-13-8(2)15-9(3)22-13/h10-11H,4-7H2,1-3H3,(H,19,20)(H2,16,17,21). The Kier molecular flexibility index (Phi) is 5.36. The van der Waals surface area contributed by atoms with Crippen LogP contribution in [0.3, 0.4) is 0 Å². The highest BCUT2D eigenvalue weighted by molar-refractivity contribution is 7.16. The molecule has 0 aromatic carbocycles. The fourth-order valence-electron chi connectivity index (χ4n) is 2.65. The van der Waals surface area contributed by atoms with Crippen LogP contribution in [0.2, 0.25) is 0 Å². The molecule has 0 radical (unpaired) electrons. The number of nitrogens with zero attached hydrogens (tertiary/aromatic N) is 2. The molecule has 1 fully saturated rings. The van der Waals surface area contributed by atoms with E-state index in [1.165, 1.54) is 11.3 Å². The summed E-state index contributed by atoms with van der Waals surface area (Å²) in [5.74, 6) is -0.813. The summed E-state index contributed by atoms with van der Waals surface area (Å²) in [4.78, 5) is 28.9. The Morgan fingerprint density at radius 3 is 2.59 bits per heavy atom. The summed E-state index contributed by atoms with van der Waals surface area (Å²) in [7, 11) is 0. The van der Waals surface area contributed by atoms with Crippen LogP contribution in [-0.2, 0) is 4.79 Å². The summed E-state index contributed by atoms with van der Waals surface area (Å²) in [5.41, 5.74) is 0.822. The number of carbonyl (C=O) groups excluding carboxylic acids is 1. The molecular formula is C14H22N4O3S. The van der Waals surface area contributed by atoms with E-state index in [0.29, 0.717) is 6.54 Å². The van der Waals surface area contributed by atoms with Gasteiger partial charge in [-0.25, -0.2) is 9.78 Å². The topological polar surface area (TPSA) is 94.6 Å². The Hall–Kier alpha value is -1.67. The van der Waals surface area contributed by atoms with Gasteiger partial charge in [0.25, 0.3) is 0 Å². The van der Waals surface area contributed by atoms with Gasteiger partial charge in [0.2, 0.25) is 0 Å². The van der Waals surface area contributed by atoms with Gasteiger partial charge in [-0.1, -0.05) is 6.92 Å². The Morgan fingerprint density at radius 1 is 1.41 bits per heavy atom. The predicted octanol–water partition coefficient (Wildman–Crippen LogP) is 1.82. The van der Waals surface area contributed by atoms with E-state index in [1.807, 2.05) is 25.7 Å². The quantitative estimate of drug-likeness (QED) is 0.741. The van der Waals surface area contributed by atoms with Crippen molar-refractivity contribution in [3.63, 3.8) is 0 Å². The maximum absolute atomic E-state index is 11.9. The Bertz CT molecular complexity index is 554. The van der Waals surface area contributed by atoms with Gasteiger partial charge in [0.05, 0.1) is 17.2 Å². The van der Waals surface area contributed by atoms with Crippen molar-refractivity contribution >= 4 is 28.3 Å². The fraction of sp³-hybridized carbons (Fsp3) is 0.643. The van der Waals surface area contributed by atoms with Crippen molar-refractivity contribution in [1.82, 2.24) is 15.2 Å². The number of carbonyl (C=O) groups is 2. The first-order valence-corrected chi connectivity index (χ1v) is 8.18. The summed E-state index contributed by atoms with van der Waals surface area (Å²) in [5, 5.41) is 16.3. The molecule has 7 nitrogen and oxygen atoms in total. The Morgan fingerprint density at radius 2 is 2.09 bits per heavy atom. The van der Waals surface area contributed by atoms with E-state index in [0.717, 1.165) is 28.5 Å². The number of likely N-dealkylation sites (N-methyl/N-ethyl adjacent to an activating group) is 1. The molecule has 1 aromatic heterocycles. The number of hydrogen-bond donors (Lipinski definition) is 3. The molecule has 2 rings (SSSR count). The van der Waals surface area contributed by atoms with Crippen LogP contribution in [0.5, 0.6) is 0 Å². The first-order valence-electron chi connectivity index (χ1n) is 7.36. The van der Waals surface area contributed by atoms with Crippen molar-refractivity contribution in [2.75, 3.05) is 18.4 Å². The monoisotopic (exact) mass is 326 g/mol. The fourth-order valence-corrected chi connectivity index (χ4v) is 3.46. The molecule has 22 heavy (non-hydrogen) atoms. The summed E-state index contributed by atoms with van der Waals surface area (Å²) in [6.07, 6.45) is 1.57. The minimum Gasteiger partial charge on any atom is -0.480 e. The van der Waals surface area contributed by atoms with Gasteiger partial charge in [-0.3, -0.25) is 15.0 Å². The molecule has 3 N–H and O–H groups in total. The molecule has 1 aromatic rings. The summed E-state index contributed by atoms with van der Waals surface area (Å²) in [6, 6.07) is 0.109. The number of carboxylic acids is 1. The van der Waals surface area contributed by atoms with Crippen LogP contribution < -0.4 is 10.6 Å². The smallest absolute Gasteiger partial charge is 0.320 e. The maximum atomic E-state index is 11.9. The lowest BCUT2D eigenvalue weighted by Crippen LogP contribution is -2.55. The van der Waals surface area contributed by atoms with Crippen LogP contribution >= 0.6 is 11.3 Å². The van der Waals surface area contributed by atoms with E-state index >= 15 is 0 Å². The van der Waals surface area contributed by atoms with Crippen molar-refractivity contribution < 1.29 is 14.7 Å². The first-order chi connectivity index (χ1) is 10.4. The Labute approximate surface area is 133 Å². The van der Waals surface area contributed by atoms with Gasteiger partial charge in [-0.05, 0) is 33.2 Å².